The zero-order valence-electron chi connectivity index (χ0n) is 25.7. The summed E-state index contributed by atoms with van der Waals surface area (Å²) in [7, 11) is 0. The van der Waals surface area contributed by atoms with Crippen LogP contribution in [0.3, 0.4) is 0 Å². The van der Waals surface area contributed by atoms with Crippen molar-refractivity contribution in [1.82, 2.24) is 4.90 Å². The Labute approximate surface area is 273 Å². The number of amides is 4. The second kappa shape index (κ2) is 11.2. The third-order valence-electron chi connectivity index (χ3n) is 10.5. The number of rotatable bonds is 6. The maximum absolute atomic E-state index is 14.4. The summed E-state index contributed by atoms with van der Waals surface area (Å²) in [5, 5.41) is 20.8. The smallest absolute Gasteiger partial charge is 0.508 e. The molecule has 0 bridgehead atoms. The molecule has 9 nitrogen and oxygen atoms in total. The fourth-order valence-electron chi connectivity index (χ4n) is 8.33. The van der Waals surface area contributed by atoms with Crippen LogP contribution in [0.1, 0.15) is 36.8 Å². The van der Waals surface area contributed by atoms with Crippen LogP contribution in [-0.4, -0.2) is 51.6 Å². The van der Waals surface area contributed by atoms with Gasteiger partial charge in [-0.2, -0.15) is 0 Å². The minimum atomic E-state index is -5.03. The van der Waals surface area contributed by atoms with Crippen molar-refractivity contribution in [1.29, 1.82) is 0 Å². The zero-order valence-corrected chi connectivity index (χ0v) is 25.7. The number of carbonyl (C=O) groups excluding carboxylic acids is 4. The number of nitrogens with zero attached hydrogens (tertiary/aromatic N) is 2. The van der Waals surface area contributed by atoms with Crippen molar-refractivity contribution in [3.8, 4) is 17.2 Å². The predicted octanol–water partition coefficient (Wildman–Crippen LogP) is 5.47. The highest BCUT2D eigenvalue weighted by Crippen LogP contribution is 2.64. The number of alkyl halides is 3. The van der Waals surface area contributed by atoms with E-state index in [1.807, 2.05) is 0 Å². The van der Waals surface area contributed by atoms with Crippen LogP contribution in [-0.2, 0) is 25.6 Å². The summed E-state index contributed by atoms with van der Waals surface area (Å²) in [6.07, 6.45) is -2.73. The number of fused-ring (bicyclic) bond motifs is 4. The number of phenolic OH excluding ortho intramolecular Hbond substituents is 2. The molecule has 4 amide bonds. The van der Waals surface area contributed by atoms with Crippen molar-refractivity contribution in [2.24, 2.45) is 29.1 Å². The van der Waals surface area contributed by atoms with E-state index >= 15 is 0 Å². The number of allylic oxidation sites excluding steroid dienone is 2. The van der Waals surface area contributed by atoms with Crippen molar-refractivity contribution in [2.75, 3.05) is 11.4 Å². The number of hydrogen-bond acceptors (Lipinski definition) is 7. The summed E-state index contributed by atoms with van der Waals surface area (Å²) in [6, 6.07) is 17.7. The predicted molar refractivity (Wildman–Crippen MR) is 164 cm³/mol. The molecular weight excluding hydrogens is 629 g/mol. The number of likely N-dealkylation sites (tertiary alicyclic amines) is 1. The fourth-order valence-corrected chi connectivity index (χ4v) is 8.33. The molecule has 6 unspecified atom stereocenters. The second-order valence-corrected chi connectivity index (χ2v) is 13.0. The zero-order chi connectivity index (χ0) is 34.1. The molecule has 12 heteroatoms. The molecule has 2 aliphatic carbocycles. The maximum Gasteiger partial charge on any atom is 0.573 e. The molecule has 3 aromatic carbocycles. The van der Waals surface area contributed by atoms with Crippen LogP contribution in [0.2, 0.25) is 0 Å². The lowest BCUT2D eigenvalue weighted by molar-refractivity contribution is -0.274. The molecule has 0 aromatic heterocycles. The highest BCUT2D eigenvalue weighted by molar-refractivity contribution is 6.24. The van der Waals surface area contributed by atoms with Crippen molar-refractivity contribution >= 4 is 29.3 Å². The molecule has 4 aliphatic rings. The van der Waals surface area contributed by atoms with Crippen molar-refractivity contribution < 1.29 is 47.3 Å². The van der Waals surface area contributed by atoms with E-state index < -0.39 is 70.6 Å². The van der Waals surface area contributed by atoms with Crippen LogP contribution < -0.4 is 9.64 Å². The number of carbonyl (C=O) groups is 4. The molecule has 48 heavy (non-hydrogen) atoms. The molecule has 2 N–H and O–H groups in total. The first kappa shape index (κ1) is 31.5. The average molecular weight is 661 g/mol. The first-order valence-electron chi connectivity index (χ1n) is 15.6. The van der Waals surface area contributed by atoms with E-state index in [4.69, 9.17) is 0 Å². The van der Waals surface area contributed by atoms with Gasteiger partial charge in [0.1, 0.15) is 17.2 Å². The average Bonchev–Trinajstić information content (AvgIpc) is 3.40. The lowest BCUT2D eigenvalue weighted by Gasteiger charge is -2.49. The first-order valence-corrected chi connectivity index (χ1v) is 15.6. The van der Waals surface area contributed by atoms with Gasteiger partial charge in [0.25, 0.3) is 0 Å². The van der Waals surface area contributed by atoms with Gasteiger partial charge in [-0.1, -0.05) is 42.0 Å². The minimum Gasteiger partial charge on any atom is -0.508 e. The number of para-hydroxylation sites is 1. The Morgan fingerprint density at radius 2 is 1.60 bits per heavy atom. The van der Waals surface area contributed by atoms with E-state index in [1.165, 1.54) is 17.0 Å². The third-order valence-corrected chi connectivity index (χ3v) is 10.5. The van der Waals surface area contributed by atoms with E-state index in [9.17, 15) is 42.6 Å². The molecule has 3 fully saturated rings. The Bertz CT molecular complexity index is 1860. The van der Waals surface area contributed by atoms with Crippen LogP contribution in [0.25, 0.3) is 0 Å². The lowest BCUT2D eigenvalue weighted by atomic mass is 9.51. The van der Waals surface area contributed by atoms with Gasteiger partial charge >= 0.3 is 6.36 Å². The highest BCUT2D eigenvalue weighted by atomic mass is 19.4. The molecular formula is C36H31F3N2O7. The number of benzene rings is 3. The fraction of sp³-hybridized carbons (Fsp3) is 0.333. The van der Waals surface area contributed by atoms with Crippen molar-refractivity contribution in [3.05, 3.63) is 95.6 Å². The molecule has 7 rings (SSSR count). The summed E-state index contributed by atoms with van der Waals surface area (Å²) >= 11 is 0. The summed E-state index contributed by atoms with van der Waals surface area (Å²) in [6.45, 7) is 1.68. The monoisotopic (exact) mass is 660 g/mol. The molecule has 2 aliphatic heterocycles. The van der Waals surface area contributed by atoms with Gasteiger partial charge in [0.15, 0.2) is 0 Å². The Morgan fingerprint density at radius 3 is 2.29 bits per heavy atom. The Hall–Kier alpha value is -5.13. The van der Waals surface area contributed by atoms with Gasteiger partial charge in [0, 0.05) is 18.0 Å². The molecule has 0 spiro atoms. The Kier molecular flexibility index (Phi) is 7.37. The van der Waals surface area contributed by atoms with Crippen LogP contribution >= 0.6 is 0 Å². The summed E-state index contributed by atoms with van der Waals surface area (Å²) in [5.41, 5.74) is 0.0501. The second-order valence-electron chi connectivity index (χ2n) is 13.0. The summed E-state index contributed by atoms with van der Waals surface area (Å²) < 4.78 is 44.1. The van der Waals surface area contributed by atoms with E-state index in [2.05, 4.69) is 4.74 Å². The van der Waals surface area contributed by atoms with Crippen molar-refractivity contribution in [3.63, 3.8) is 0 Å². The number of anilines is 1. The summed E-state index contributed by atoms with van der Waals surface area (Å²) in [5.74, 6) is -7.24. The van der Waals surface area contributed by atoms with Gasteiger partial charge in [0.2, 0.25) is 23.6 Å². The topological polar surface area (TPSA) is 124 Å². The van der Waals surface area contributed by atoms with E-state index in [-0.39, 0.29) is 36.6 Å². The normalized spacial score (nSPS) is 28.2. The molecule has 2 saturated heterocycles. The van der Waals surface area contributed by atoms with Crippen LogP contribution in [0.15, 0.2) is 84.4 Å². The van der Waals surface area contributed by atoms with Crippen LogP contribution in [0.4, 0.5) is 18.9 Å². The van der Waals surface area contributed by atoms with Gasteiger partial charge in [-0.15, -0.1) is 13.2 Å². The van der Waals surface area contributed by atoms with Gasteiger partial charge in [-0.25, -0.2) is 4.90 Å². The molecule has 2 heterocycles. The maximum atomic E-state index is 14.4. The molecule has 248 valence electrons. The summed E-state index contributed by atoms with van der Waals surface area (Å²) in [4.78, 5) is 58.7. The minimum absolute atomic E-state index is 0.0457. The largest absolute Gasteiger partial charge is 0.573 e. The number of phenols is 2. The molecule has 1 saturated carbocycles. The number of ether oxygens (including phenoxy) is 1. The number of halogens is 3. The van der Waals surface area contributed by atoms with E-state index in [0.29, 0.717) is 17.7 Å². The Balaban J connectivity index is 1.31. The Morgan fingerprint density at radius 1 is 0.896 bits per heavy atom. The van der Waals surface area contributed by atoms with Crippen molar-refractivity contribution in [2.45, 2.75) is 38.5 Å². The quantitative estimate of drug-likeness (QED) is 0.266. The molecule has 6 atom stereocenters. The highest BCUT2D eigenvalue weighted by Gasteiger charge is 2.68. The van der Waals surface area contributed by atoms with E-state index in [0.717, 1.165) is 28.7 Å². The van der Waals surface area contributed by atoms with Gasteiger partial charge in [-0.3, -0.25) is 24.1 Å². The number of aromatic hydroxyl groups is 2. The SMILES string of the molecule is CC12C(=O)N(c3ccccc3)C(=O)C1CC1C(=CCC3C(=O)N(CCc4ccc(O)cc4)C(=O)C31)C2c1cc(OC(F)(F)F)ccc1O. The number of hydrogen-bond donors (Lipinski definition) is 2. The first-order chi connectivity index (χ1) is 22.8. The van der Waals surface area contributed by atoms with Crippen LogP contribution in [0, 0.1) is 29.1 Å². The number of imide groups is 2. The standard InChI is InChI=1S/C36H31F3N2O7/c1-35-27(32(45)41(34(35)47)20-5-3-2-4-6-20)18-25-23(30(35)26-17-22(11-14-28(26)43)48-36(37,38)39)12-13-24-29(25)33(46)40(31(24)44)16-15-19-7-9-21(42)10-8-19/h2-12,14,17,24-25,27,29-30,42-43H,13,15-16,18H2,1H3. The molecule has 3 aromatic rings. The van der Waals surface area contributed by atoms with Gasteiger partial charge in [0.05, 0.1) is 28.9 Å². The van der Waals surface area contributed by atoms with Gasteiger partial charge in [-0.05, 0) is 80.1 Å². The van der Waals surface area contributed by atoms with Gasteiger partial charge < -0.3 is 14.9 Å². The van der Waals surface area contributed by atoms with E-state index in [1.54, 1.807) is 55.5 Å². The third kappa shape index (κ3) is 4.92. The molecule has 0 radical (unpaired) electrons. The van der Waals surface area contributed by atoms with Crippen LogP contribution in [0.5, 0.6) is 17.2 Å². The lowest BCUT2D eigenvalue weighted by Crippen LogP contribution is -2.49.